The first-order valence-electron chi connectivity index (χ1n) is 4.30. The van der Waals surface area contributed by atoms with Crippen molar-refractivity contribution in [3.05, 3.63) is 12.7 Å². The maximum absolute atomic E-state index is 11.0. The number of carbonyl (C=O) groups excluding carboxylic acids is 1. The van der Waals surface area contributed by atoms with Gasteiger partial charge in [0.25, 0.3) is 0 Å². The van der Waals surface area contributed by atoms with E-state index in [4.69, 9.17) is 9.47 Å². The van der Waals surface area contributed by atoms with E-state index in [0.29, 0.717) is 13.2 Å². The molecule has 1 N–H and O–H groups in total. The summed E-state index contributed by atoms with van der Waals surface area (Å²) in [5.41, 5.74) is 0. The highest BCUT2D eigenvalue weighted by molar-refractivity contribution is 5.87. The molecule has 0 rings (SSSR count). The number of nitrogens with one attached hydrogen (secondary N) is 1. The van der Waals surface area contributed by atoms with Crippen molar-refractivity contribution in [3.63, 3.8) is 0 Å². The zero-order valence-electron chi connectivity index (χ0n) is 8.42. The Labute approximate surface area is 78.9 Å². The van der Waals surface area contributed by atoms with Crippen molar-refractivity contribution >= 4 is 5.91 Å². The highest BCUT2D eigenvalue weighted by atomic mass is 16.7. The van der Waals surface area contributed by atoms with Crippen LogP contribution in [-0.2, 0) is 14.3 Å². The van der Waals surface area contributed by atoms with E-state index >= 15 is 0 Å². The first-order valence-corrected chi connectivity index (χ1v) is 4.30. The van der Waals surface area contributed by atoms with Crippen LogP contribution in [0.3, 0.4) is 0 Å². The van der Waals surface area contributed by atoms with Gasteiger partial charge in [-0.3, -0.25) is 4.79 Å². The van der Waals surface area contributed by atoms with Gasteiger partial charge in [0.05, 0.1) is 0 Å². The van der Waals surface area contributed by atoms with Crippen LogP contribution in [0, 0.1) is 0 Å². The molecule has 0 unspecified atom stereocenters. The Bertz CT molecular complexity index is 174. The van der Waals surface area contributed by atoms with Crippen LogP contribution in [-0.4, -0.2) is 25.0 Å². The molecule has 0 aliphatic rings. The van der Waals surface area contributed by atoms with Crippen LogP contribution >= 0.6 is 0 Å². The van der Waals surface area contributed by atoms with E-state index in [1.807, 2.05) is 13.8 Å². The summed E-state index contributed by atoms with van der Waals surface area (Å²) >= 11 is 0. The van der Waals surface area contributed by atoms with Gasteiger partial charge in [0, 0.05) is 20.1 Å². The maximum atomic E-state index is 11.0. The molecule has 0 bridgehead atoms. The maximum Gasteiger partial charge on any atom is 0.248 e. The quantitative estimate of drug-likeness (QED) is 0.499. The molecule has 0 spiro atoms. The first-order chi connectivity index (χ1) is 6.08. The SMILES string of the molecule is C=CC(=O)NC(C)(OCC)OCC. The van der Waals surface area contributed by atoms with Crippen molar-refractivity contribution in [1.82, 2.24) is 5.32 Å². The molecule has 13 heavy (non-hydrogen) atoms. The number of carbonyl (C=O) groups is 1. The summed E-state index contributed by atoms with van der Waals surface area (Å²) in [6.07, 6.45) is 1.18. The lowest BCUT2D eigenvalue weighted by Gasteiger charge is -2.29. The Balaban J connectivity index is 4.21. The molecule has 0 aliphatic carbocycles. The normalized spacial score (nSPS) is 11.0. The Morgan fingerprint density at radius 2 is 1.92 bits per heavy atom. The highest BCUT2D eigenvalue weighted by Gasteiger charge is 2.25. The molecule has 0 aromatic carbocycles. The number of ether oxygens (including phenoxy) is 2. The van der Waals surface area contributed by atoms with Crippen LogP contribution < -0.4 is 5.32 Å². The molecule has 0 atom stereocenters. The Hall–Kier alpha value is -0.870. The van der Waals surface area contributed by atoms with Gasteiger partial charge in [-0.2, -0.15) is 0 Å². The second-order valence-electron chi connectivity index (χ2n) is 2.51. The van der Waals surface area contributed by atoms with Crippen molar-refractivity contribution in [1.29, 1.82) is 0 Å². The Morgan fingerprint density at radius 1 is 1.46 bits per heavy atom. The third kappa shape index (κ3) is 4.65. The minimum absolute atomic E-state index is 0.315. The van der Waals surface area contributed by atoms with Crippen LogP contribution in [0.5, 0.6) is 0 Å². The molecule has 0 aromatic rings. The number of hydrogen-bond acceptors (Lipinski definition) is 3. The number of rotatable bonds is 6. The lowest BCUT2D eigenvalue weighted by atomic mass is 10.4. The molecule has 0 saturated carbocycles. The number of hydrogen-bond donors (Lipinski definition) is 1. The number of amides is 1. The van der Waals surface area contributed by atoms with Crippen LogP contribution in [0.1, 0.15) is 20.8 Å². The van der Waals surface area contributed by atoms with Gasteiger partial charge in [-0.15, -0.1) is 0 Å². The smallest absolute Gasteiger partial charge is 0.248 e. The summed E-state index contributed by atoms with van der Waals surface area (Å²) in [6, 6.07) is 0. The van der Waals surface area contributed by atoms with Crippen molar-refractivity contribution in [3.8, 4) is 0 Å². The van der Waals surface area contributed by atoms with Gasteiger partial charge in [0.15, 0.2) is 0 Å². The summed E-state index contributed by atoms with van der Waals surface area (Å²) in [5, 5.41) is 2.54. The molecule has 0 aromatic heterocycles. The van der Waals surface area contributed by atoms with E-state index in [1.165, 1.54) is 6.08 Å². The summed E-state index contributed by atoms with van der Waals surface area (Å²) < 4.78 is 10.5. The predicted octanol–water partition coefficient (Wildman–Crippen LogP) is 1.04. The lowest BCUT2D eigenvalue weighted by Crippen LogP contribution is -2.49. The fraction of sp³-hybridized carbons (Fsp3) is 0.667. The minimum Gasteiger partial charge on any atom is -0.333 e. The second-order valence-corrected chi connectivity index (χ2v) is 2.51. The van der Waals surface area contributed by atoms with Gasteiger partial charge >= 0.3 is 0 Å². The van der Waals surface area contributed by atoms with Gasteiger partial charge in [-0.25, -0.2) is 0 Å². The summed E-state index contributed by atoms with van der Waals surface area (Å²) in [4.78, 5) is 11.0. The third-order valence-electron chi connectivity index (χ3n) is 1.38. The van der Waals surface area contributed by atoms with Crippen LogP contribution in [0.15, 0.2) is 12.7 Å². The zero-order chi connectivity index (χ0) is 10.3. The van der Waals surface area contributed by atoms with Gasteiger partial charge in [-0.1, -0.05) is 6.58 Å². The minimum atomic E-state index is -1.05. The Morgan fingerprint density at radius 3 is 2.23 bits per heavy atom. The summed E-state index contributed by atoms with van der Waals surface area (Å²) in [7, 11) is 0. The largest absolute Gasteiger partial charge is 0.333 e. The second kappa shape index (κ2) is 5.72. The third-order valence-corrected chi connectivity index (χ3v) is 1.38. The van der Waals surface area contributed by atoms with Crippen LogP contribution in [0.25, 0.3) is 0 Å². The molecular weight excluding hydrogens is 170 g/mol. The van der Waals surface area contributed by atoms with Crippen LogP contribution in [0.4, 0.5) is 0 Å². The zero-order valence-corrected chi connectivity index (χ0v) is 8.42. The van der Waals surface area contributed by atoms with E-state index < -0.39 is 5.91 Å². The monoisotopic (exact) mass is 187 g/mol. The molecule has 0 radical (unpaired) electrons. The van der Waals surface area contributed by atoms with Crippen molar-refractivity contribution in [2.75, 3.05) is 13.2 Å². The standard InChI is InChI=1S/C9H17NO3/c1-5-8(11)10-9(4,12-6-2)13-7-3/h5H,1,6-7H2,2-4H3,(H,10,11). The van der Waals surface area contributed by atoms with Crippen molar-refractivity contribution in [2.24, 2.45) is 0 Å². The molecular formula is C9H17NO3. The lowest BCUT2D eigenvalue weighted by molar-refractivity contribution is -0.237. The van der Waals surface area contributed by atoms with Crippen LogP contribution in [0.2, 0.25) is 0 Å². The summed E-state index contributed by atoms with van der Waals surface area (Å²) in [6.45, 7) is 9.59. The Kier molecular flexibility index (Phi) is 5.34. The molecule has 4 heteroatoms. The van der Waals surface area contributed by atoms with Gasteiger partial charge in [-0.05, 0) is 19.9 Å². The first kappa shape index (κ1) is 12.1. The molecule has 0 fully saturated rings. The molecule has 4 nitrogen and oxygen atoms in total. The highest BCUT2D eigenvalue weighted by Crippen LogP contribution is 2.07. The van der Waals surface area contributed by atoms with Crippen molar-refractivity contribution < 1.29 is 14.3 Å². The van der Waals surface area contributed by atoms with Crippen molar-refractivity contribution in [2.45, 2.75) is 26.7 Å². The van der Waals surface area contributed by atoms with Gasteiger partial charge in [0.1, 0.15) is 0 Å². The average molecular weight is 187 g/mol. The van der Waals surface area contributed by atoms with E-state index in [9.17, 15) is 4.79 Å². The molecule has 76 valence electrons. The molecule has 0 aliphatic heterocycles. The molecule has 0 heterocycles. The van der Waals surface area contributed by atoms with E-state index in [-0.39, 0.29) is 5.91 Å². The van der Waals surface area contributed by atoms with E-state index in [0.717, 1.165) is 0 Å². The van der Waals surface area contributed by atoms with Gasteiger partial charge in [0.2, 0.25) is 11.8 Å². The van der Waals surface area contributed by atoms with Gasteiger partial charge < -0.3 is 14.8 Å². The molecule has 0 saturated heterocycles. The average Bonchev–Trinajstić information content (AvgIpc) is 2.04. The summed E-state index contributed by atoms with van der Waals surface area (Å²) in [5.74, 6) is -1.36. The fourth-order valence-corrected chi connectivity index (χ4v) is 0.940. The predicted molar refractivity (Wildman–Crippen MR) is 50.0 cm³/mol. The van der Waals surface area contributed by atoms with E-state index in [2.05, 4.69) is 11.9 Å². The topological polar surface area (TPSA) is 47.6 Å². The molecule has 1 amide bonds. The fourth-order valence-electron chi connectivity index (χ4n) is 0.940. The van der Waals surface area contributed by atoms with E-state index in [1.54, 1.807) is 6.92 Å².